The quantitative estimate of drug-likeness (QED) is 0.269. The number of fused-ring (bicyclic) bond motifs is 3. The Bertz CT molecular complexity index is 1540. The van der Waals surface area contributed by atoms with Crippen LogP contribution in [0.15, 0.2) is 72.9 Å². The number of aromatic nitrogens is 3. The van der Waals surface area contributed by atoms with Crippen LogP contribution in [0, 0.1) is 6.92 Å². The molecule has 3 aromatic carbocycles. The van der Waals surface area contributed by atoms with E-state index >= 15 is 0 Å². The van der Waals surface area contributed by atoms with Crippen LogP contribution in [0.1, 0.15) is 49.2 Å². The number of esters is 1. The first-order chi connectivity index (χ1) is 16.8. The standard InChI is InChI=1S/C30H29N3O2/c1-6-35-29(34)21-11-16-26-24(17-21)28-25(18-31-26)27(20-9-7-19(2)8-10-20)32-33(28)23-14-12-22(13-15-23)30(3,4)5/h7-18H,6H2,1-5H3. The van der Waals surface area contributed by atoms with E-state index in [-0.39, 0.29) is 11.4 Å². The largest absolute Gasteiger partial charge is 0.462 e. The van der Waals surface area contributed by atoms with Crippen molar-refractivity contribution in [3.05, 3.63) is 89.6 Å². The summed E-state index contributed by atoms with van der Waals surface area (Å²) in [6.07, 6.45) is 1.88. The number of carbonyl (C=O) groups excluding carboxylic acids is 1. The van der Waals surface area contributed by atoms with Crippen LogP contribution < -0.4 is 0 Å². The lowest BCUT2D eigenvalue weighted by molar-refractivity contribution is 0.0526. The highest BCUT2D eigenvalue weighted by atomic mass is 16.5. The van der Waals surface area contributed by atoms with Crippen LogP contribution in [-0.4, -0.2) is 27.3 Å². The van der Waals surface area contributed by atoms with Crippen molar-refractivity contribution in [1.29, 1.82) is 0 Å². The van der Waals surface area contributed by atoms with Gasteiger partial charge in [-0.2, -0.15) is 5.10 Å². The van der Waals surface area contributed by atoms with Gasteiger partial charge in [-0.1, -0.05) is 62.7 Å². The minimum Gasteiger partial charge on any atom is -0.462 e. The summed E-state index contributed by atoms with van der Waals surface area (Å²) in [6.45, 7) is 10.8. The number of pyridine rings is 1. The van der Waals surface area contributed by atoms with Crippen molar-refractivity contribution in [2.45, 2.75) is 40.0 Å². The molecule has 0 saturated carbocycles. The fourth-order valence-electron chi connectivity index (χ4n) is 4.34. The summed E-state index contributed by atoms with van der Waals surface area (Å²) in [7, 11) is 0. The molecule has 5 nitrogen and oxygen atoms in total. The molecule has 0 bridgehead atoms. The minimum atomic E-state index is -0.342. The second-order valence-corrected chi connectivity index (χ2v) is 9.90. The summed E-state index contributed by atoms with van der Waals surface area (Å²) in [5.74, 6) is -0.342. The van der Waals surface area contributed by atoms with Crippen LogP contribution in [0.25, 0.3) is 38.8 Å². The molecule has 0 aliphatic carbocycles. The average molecular weight is 464 g/mol. The SMILES string of the molecule is CCOC(=O)c1ccc2ncc3c(-c4ccc(C)cc4)nn(-c4ccc(C(C)(C)C)cc4)c3c2c1. The van der Waals surface area contributed by atoms with Crippen molar-refractivity contribution < 1.29 is 9.53 Å². The van der Waals surface area contributed by atoms with Gasteiger partial charge in [0.05, 0.1) is 28.9 Å². The molecule has 176 valence electrons. The average Bonchev–Trinajstić information content (AvgIpc) is 3.24. The van der Waals surface area contributed by atoms with Gasteiger partial charge in [0.2, 0.25) is 0 Å². The Morgan fingerprint density at radius 2 is 1.66 bits per heavy atom. The maximum atomic E-state index is 12.5. The highest BCUT2D eigenvalue weighted by Gasteiger charge is 2.19. The summed E-state index contributed by atoms with van der Waals surface area (Å²) in [6, 6.07) is 22.4. The van der Waals surface area contributed by atoms with Gasteiger partial charge in [-0.05, 0) is 55.2 Å². The Morgan fingerprint density at radius 1 is 0.943 bits per heavy atom. The molecule has 0 aliphatic heterocycles. The second-order valence-electron chi connectivity index (χ2n) is 9.90. The van der Waals surface area contributed by atoms with Crippen LogP contribution in [0.5, 0.6) is 0 Å². The zero-order valence-corrected chi connectivity index (χ0v) is 20.8. The minimum absolute atomic E-state index is 0.0585. The molecule has 0 spiro atoms. The topological polar surface area (TPSA) is 57.0 Å². The Morgan fingerprint density at radius 3 is 2.31 bits per heavy atom. The molecule has 5 aromatic rings. The van der Waals surface area contributed by atoms with Gasteiger partial charge in [0.25, 0.3) is 0 Å². The summed E-state index contributed by atoms with van der Waals surface area (Å²) < 4.78 is 7.22. The van der Waals surface area contributed by atoms with Gasteiger partial charge in [0.15, 0.2) is 0 Å². The molecule has 0 unspecified atom stereocenters. The molecule has 0 radical (unpaired) electrons. The summed E-state index contributed by atoms with van der Waals surface area (Å²) in [4.78, 5) is 17.2. The van der Waals surface area contributed by atoms with Gasteiger partial charge in [0, 0.05) is 22.5 Å². The smallest absolute Gasteiger partial charge is 0.338 e. The van der Waals surface area contributed by atoms with Crippen LogP contribution in [0.4, 0.5) is 0 Å². The third kappa shape index (κ3) is 4.18. The van der Waals surface area contributed by atoms with E-state index in [0.29, 0.717) is 12.2 Å². The van der Waals surface area contributed by atoms with Crippen molar-refractivity contribution in [1.82, 2.24) is 14.8 Å². The summed E-state index contributed by atoms with van der Waals surface area (Å²) in [5, 5.41) is 6.87. The number of carbonyl (C=O) groups is 1. The van der Waals surface area contributed by atoms with Gasteiger partial charge < -0.3 is 4.74 Å². The number of hydrogen-bond donors (Lipinski definition) is 0. The maximum absolute atomic E-state index is 12.5. The van der Waals surface area contributed by atoms with Gasteiger partial charge in [0.1, 0.15) is 5.69 Å². The van der Waals surface area contributed by atoms with E-state index in [9.17, 15) is 4.79 Å². The highest BCUT2D eigenvalue weighted by Crippen LogP contribution is 2.35. The van der Waals surface area contributed by atoms with Gasteiger partial charge in [-0.3, -0.25) is 4.98 Å². The Kier molecular flexibility index (Phi) is 5.64. The lowest BCUT2D eigenvalue weighted by Crippen LogP contribution is -2.11. The molecule has 0 amide bonds. The zero-order chi connectivity index (χ0) is 24.7. The third-order valence-electron chi connectivity index (χ3n) is 6.32. The van der Waals surface area contributed by atoms with Crippen molar-refractivity contribution in [3.63, 3.8) is 0 Å². The van der Waals surface area contributed by atoms with Gasteiger partial charge in [-0.15, -0.1) is 0 Å². The summed E-state index contributed by atoms with van der Waals surface area (Å²) in [5.41, 5.74) is 7.56. The van der Waals surface area contributed by atoms with Crippen LogP contribution in [0.2, 0.25) is 0 Å². The van der Waals surface area contributed by atoms with E-state index < -0.39 is 0 Å². The van der Waals surface area contributed by atoms with Crippen LogP contribution in [-0.2, 0) is 10.2 Å². The zero-order valence-electron chi connectivity index (χ0n) is 20.8. The monoisotopic (exact) mass is 463 g/mol. The van der Waals surface area contributed by atoms with Crippen LogP contribution in [0.3, 0.4) is 0 Å². The first kappa shape index (κ1) is 22.8. The molecular formula is C30H29N3O2. The lowest BCUT2D eigenvalue weighted by atomic mass is 9.87. The first-order valence-corrected chi connectivity index (χ1v) is 11.9. The van der Waals surface area contributed by atoms with E-state index in [1.54, 1.807) is 6.07 Å². The van der Waals surface area contributed by atoms with E-state index in [1.807, 2.05) is 29.9 Å². The fourth-order valence-corrected chi connectivity index (χ4v) is 4.34. The number of benzene rings is 3. The second kappa shape index (κ2) is 8.66. The van der Waals surface area contributed by atoms with E-state index in [1.165, 1.54) is 11.1 Å². The molecule has 0 aliphatic rings. The lowest BCUT2D eigenvalue weighted by Gasteiger charge is -2.19. The third-order valence-corrected chi connectivity index (χ3v) is 6.32. The normalized spacial score (nSPS) is 11.8. The molecular weight excluding hydrogens is 434 g/mol. The van der Waals surface area contributed by atoms with Gasteiger partial charge >= 0.3 is 5.97 Å². The van der Waals surface area contributed by atoms with Crippen molar-refractivity contribution >= 4 is 27.8 Å². The van der Waals surface area contributed by atoms with Crippen molar-refractivity contribution in [2.24, 2.45) is 0 Å². The summed E-state index contributed by atoms with van der Waals surface area (Å²) >= 11 is 0. The highest BCUT2D eigenvalue weighted by molar-refractivity contribution is 6.10. The number of aryl methyl sites for hydroxylation is 1. The molecule has 0 N–H and O–H groups in total. The molecule has 0 fully saturated rings. The number of nitrogens with zero attached hydrogens (tertiary/aromatic N) is 3. The molecule has 35 heavy (non-hydrogen) atoms. The Labute approximate surface area is 205 Å². The fraction of sp³-hybridized carbons (Fsp3) is 0.233. The predicted octanol–water partition coefficient (Wildman–Crippen LogP) is 7.02. The first-order valence-electron chi connectivity index (χ1n) is 11.9. The number of rotatable bonds is 4. The van der Waals surface area contributed by atoms with E-state index in [0.717, 1.165) is 38.8 Å². The molecule has 5 heteroatoms. The predicted molar refractivity (Wildman–Crippen MR) is 141 cm³/mol. The molecule has 0 saturated heterocycles. The maximum Gasteiger partial charge on any atom is 0.338 e. The van der Waals surface area contributed by atoms with Crippen molar-refractivity contribution in [3.8, 4) is 16.9 Å². The van der Waals surface area contributed by atoms with E-state index in [2.05, 4.69) is 76.2 Å². The van der Waals surface area contributed by atoms with E-state index in [4.69, 9.17) is 14.8 Å². The Balaban J connectivity index is 1.80. The number of ether oxygens (including phenoxy) is 1. The number of hydrogen-bond acceptors (Lipinski definition) is 4. The molecule has 2 aromatic heterocycles. The molecule has 2 heterocycles. The molecule has 0 atom stereocenters. The molecule has 5 rings (SSSR count). The Hall–Kier alpha value is -3.99. The van der Waals surface area contributed by atoms with Crippen LogP contribution >= 0.6 is 0 Å². The van der Waals surface area contributed by atoms with Crippen molar-refractivity contribution in [2.75, 3.05) is 6.61 Å². The van der Waals surface area contributed by atoms with Gasteiger partial charge in [-0.25, -0.2) is 9.48 Å².